The molecule has 0 saturated carbocycles. The van der Waals surface area contributed by atoms with E-state index in [4.69, 9.17) is 9.47 Å². The van der Waals surface area contributed by atoms with E-state index in [2.05, 4.69) is 0 Å². The smallest absolute Gasteiger partial charge is 0.338 e. The Morgan fingerprint density at radius 1 is 0.919 bits per heavy atom. The zero-order chi connectivity index (χ0) is 26.5. The number of carbonyl (C=O) groups is 3. The van der Waals surface area contributed by atoms with Gasteiger partial charge in [-0.1, -0.05) is 42.5 Å². The van der Waals surface area contributed by atoms with Crippen molar-refractivity contribution in [1.82, 2.24) is 4.90 Å². The van der Waals surface area contributed by atoms with E-state index in [1.807, 2.05) is 44.2 Å². The van der Waals surface area contributed by atoms with Crippen LogP contribution in [0.2, 0.25) is 0 Å². The second-order valence-electron chi connectivity index (χ2n) is 8.95. The third-order valence-electron chi connectivity index (χ3n) is 5.97. The SMILES string of the molecule is CCOC(=O)c1ccc(CN2C(=O)C(=O)/C(=C(/O)c3ccc(OC(C)C)cc3)C2c2ccccc2)cc1. The highest BCUT2D eigenvalue weighted by Gasteiger charge is 2.46. The van der Waals surface area contributed by atoms with Gasteiger partial charge in [0.05, 0.1) is 29.9 Å². The summed E-state index contributed by atoms with van der Waals surface area (Å²) in [6.45, 7) is 5.96. The Morgan fingerprint density at radius 2 is 1.54 bits per heavy atom. The number of rotatable bonds is 8. The van der Waals surface area contributed by atoms with Gasteiger partial charge in [-0.05, 0) is 68.3 Å². The molecule has 1 saturated heterocycles. The van der Waals surface area contributed by atoms with Gasteiger partial charge >= 0.3 is 5.97 Å². The van der Waals surface area contributed by atoms with Crippen molar-refractivity contribution >= 4 is 23.4 Å². The van der Waals surface area contributed by atoms with Gasteiger partial charge in [-0.25, -0.2) is 4.79 Å². The minimum absolute atomic E-state index is 0.00536. The fraction of sp³-hybridized carbons (Fsp3) is 0.233. The number of ether oxygens (including phenoxy) is 2. The summed E-state index contributed by atoms with van der Waals surface area (Å²) in [5, 5.41) is 11.2. The molecule has 4 rings (SSSR count). The summed E-state index contributed by atoms with van der Waals surface area (Å²) in [5.41, 5.74) is 2.26. The topological polar surface area (TPSA) is 93.1 Å². The summed E-state index contributed by atoms with van der Waals surface area (Å²) in [6, 6.07) is 21.8. The lowest BCUT2D eigenvalue weighted by molar-refractivity contribution is -0.140. The summed E-state index contributed by atoms with van der Waals surface area (Å²) < 4.78 is 10.7. The van der Waals surface area contributed by atoms with Crippen LogP contribution >= 0.6 is 0 Å². The van der Waals surface area contributed by atoms with E-state index in [0.717, 1.165) is 5.56 Å². The molecule has 3 aromatic carbocycles. The number of esters is 1. The number of carbonyl (C=O) groups excluding carboxylic acids is 3. The van der Waals surface area contributed by atoms with Gasteiger partial charge in [0, 0.05) is 12.1 Å². The number of aliphatic hydroxyl groups excluding tert-OH is 1. The van der Waals surface area contributed by atoms with Gasteiger partial charge in [0.15, 0.2) is 0 Å². The average molecular weight is 500 g/mol. The molecule has 7 nitrogen and oxygen atoms in total. The summed E-state index contributed by atoms with van der Waals surface area (Å²) in [6.07, 6.45) is -0.00536. The highest BCUT2D eigenvalue weighted by atomic mass is 16.5. The van der Waals surface area contributed by atoms with Gasteiger partial charge in [0.25, 0.3) is 11.7 Å². The molecule has 190 valence electrons. The second-order valence-corrected chi connectivity index (χ2v) is 8.95. The van der Waals surface area contributed by atoms with Crippen molar-refractivity contribution in [3.8, 4) is 5.75 Å². The van der Waals surface area contributed by atoms with Crippen LogP contribution in [0.5, 0.6) is 5.75 Å². The van der Waals surface area contributed by atoms with Crippen molar-refractivity contribution in [3.63, 3.8) is 0 Å². The Labute approximate surface area is 215 Å². The van der Waals surface area contributed by atoms with Crippen molar-refractivity contribution in [3.05, 3.63) is 107 Å². The van der Waals surface area contributed by atoms with Gasteiger partial charge in [-0.2, -0.15) is 0 Å². The van der Waals surface area contributed by atoms with Gasteiger partial charge < -0.3 is 19.5 Å². The molecule has 1 unspecified atom stereocenters. The molecule has 0 spiro atoms. The first-order valence-electron chi connectivity index (χ1n) is 12.2. The molecule has 0 bridgehead atoms. The van der Waals surface area contributed by atoms with Crippen LogP contribution < -0.4 is 4.74 Å². The number of nitrogens with zero attached hydrogens (tertiary/aromatic N) is 1. The molecule has 7 heteroatoms. The maximum atomic E-state index is 13.2. The minimum atomic E-state index is -0.780. The molecular formula is C30H29NO6. The van der Waals surface area contributed by atoms with Crippen LogP contribution in [0.1, 0.15) is 53.9 Å². The molecule has 0 aromatic heterocycles. The summed E-state index contributed by atoms with van der Waals surface area (Å²) >= 11 is 0. The Kier molecular flexibility index (Phi) is 7.72. The van der Waals surface area contributed by atoms with Crippen molar-refractivity contribution in [2.24, 2.45) is 0 Å². The zero-order valence-corrected chi connectivity index (χ0v) is 21.0. The molecule has 37 heavy (non-hydrogen) atoms. The largest absolute Gasteiger partial charge is 0.507 e. The van der Waals surface area contributed by atoms with Crippen LogP contribution in [0, 0.1) is 0 Å². The summed E-state index contributed by atoms with van der Waals surface area (Å²) in [7, 11) is 0. The van der Waals surface area contributed by atoms with E-state index in [-0.39, 0.29) is 30.6 Å². The number of ketones is 1. The Morgan fingerprint density at radius 3 is 2.14 bits per heavy atom. The van der Waals surface area contributed by atoms with Crippen molar-refractivity contribution in [2.75, 3.05) is 6.61 Å². The van der Waals surface area contributed by atoms with E-state index in [1.165, 1.54) is 4.90 Å². The Balaban J connectivity index is 1.71. The number of benzene rings is 3. The molecule has 0 radical (unpaired) electrons. The molecule has 1 atom stereocenters. The quantitative estimate of drug-likeness (QED) is 0.196. The minimum Gasteiger partial charge on any atom is -0.507 e. The summed E-state index contributed by atoms with van der Waals surface area (Å²) in [5.74, 6) is -1.49. The van der Waals surface area contributed by atoms with E-state index in [0.29, 0.717) is 22.4 Å². The summed E-state index contributed by atoms with van der Waals surface area (Å²) in [4.78, 5) is 39.9. The van der Waals surface area contributed by atoms with Gasteiger partial charge in [0.1, 0.15) is 11.5 Å². The predicted octanol–water partition coefficient (Wildman–Crippen LogP) is 5.27. The number of aliphatic hydroxyl groups is 1. The monoisotopic (exact) mass is 499 g/mol. The van der Waals surface area contributed by atoms with Crippen LogP contribution in [-0.2, 0) is 20.9 Å². The fourth-order valence-electron chi connectivity index (χ4n) is 4.30. The second kappa shape index (κ2) is 11.1. The standard InChI is InChI=1S/C30H29NO6/c1-4-36-30(35)23-12-10-20(11-13-23)18-31-26(21-8-6-5-7-9-21)25(28(33)29(31)34)27(32)22-14-16-24(17-15-22)37-19(2)3/h5-17,19,26,32H,4,18H2,1-3H3/b27-25+. The van der Waals surface area contributed by atoms with Crippen molar-refractivity contribution in [2.45, 2.75) is 39.5 Å². The van der Waals surface area contributed by atoms with Crippen LogP contribution in [0.4, 0.5) is 0 Å². The highest BCUT2D eigenvalue weighted by molar-refractivity contribution is 6.46. The number of hydrogen-bond acceptors (Lipinski definition) is 6. The lowest BCUT2D eigenvalue weighted by atomic mass is 9.95. The van der Waals surface area contributed by atoms with E-state index in [1.54, 1.807) is 55.5 Å². The van der Waals surface area contributed by atoms with E-state index in [9.17, 15) is 19.5 Å². The average Bonchev–Trinajstić information content (AvgIpc) is 3.14. The van der Waals surface area contributed by atoms with Crippen molar-refractivity contribution < 1.29 is 29.0 Å². The van der Waals surface area contributed by atoms with Crippen LogP contribution in [0.3, 0.4) is 0 Å². The fourth-order valence-corrected chi connectivity index (χ4v) is 4.30. The molecule has 1 N–H and O–H groups in total. The Bertz CT molecular complexity index is 1310. The first kappa shape index (κ1) is 25.7. The normalized spacial score (nSPS) is 16.8. The molecule has 0 aliphatic carbocycles. The first-order chi connectivity index (χ1) is 17.8. The third-order valence-corrected chi connectivity index (χ3v) is 5.97. The Hall–Kier alpha value is -4.39. The molecule has 1 heterocycles. The van der Waals surface area contributed by atoms with Crippen LogP contribution in [-0.4, -0.2) is 40.4 Å². The number of likely N-dealkylation sites (tertiary alicyclic amines) is 1. The molecule has 3 aromatic rings. The van der Waals surface area contributed by atoms with Gasteiger partial charge in [-0.3, -0.25) is 9.59 Å². The zero-order valence-electron chi connectivity index (χ0n) is 21.0. The van der Waals surface area contributed by atoms with Crippen LogP contribution in [0.25, 0.3) is 5.76 Å². The lowest BCUT2D eigenvalue weighted by Crippen LogP contribution is -2.29. The van der Waals surface area contributed by atoms with E-state index < -0.39 is 23.7 Å². The molecular weight excluding hydrogens is 470 g/mol. The number of hydrogen-bond donors (Lipinski definition) is 1. The lowest BCUT2D eigenvalue weighted by Gasteiger charge is -2.25. The van der Waals surface area contributed by atoms with Gasteiger partial charge in [-0.15, -0.1) is 0 Å². The number of Topliss-reactive ketones (excluding diaryl/α,β-unsaturated/α-hetero) is 1. The van der Waals surface area contributed by atoms with Crippen LogP contribution in [0.15, 0.2) is 84.4 Å². The molecule has 1 aliphatic rings. The third kappa shape index (κ3) is 5.56. The predicted molar refractivity (Wildman–Crippen MR) is 139 cm³/mol. The maximum Gasteiger partial charge on any atom is 0.338 e. The van der Waals surface area contributed by atoms with Crippen molar-refractivity contribution in [1.29, 1.82) is 0 Å². The van der Waals surface area contributed by atoms with Gasteiger partial charge in [0.2, 0.25) is 0 Å². The first-order valence-corrected chi connectivity index (χ1v) is 12.2. The molecule has 1 amide bonds. The molecule has 1 fully saturated rings. The number of amides is 1. The maximum absolute atomic E-state index is 13.2. The molecule has 1 aliphatic heterocycles. The highest BCUT2D eigenvalue weighted by Crippen LogP contribution is 2.40. The van der Waals surface area contributed by atoms with E-state index >= 15 is 0 Å².